The molecule has 1 heterocycles. The van der Waals surface area contributed by atoms with Gasteiger partial charge in [0.05, 0.1) is 18.7 Å². The molecular weight excluding hydrogens is 336 g/mol. The Morgan fingerprint density at radius 3 is 2.50 bits per heavy atom. The van der Waals surface area contributed by atoms with E-state index in [2.05, 4.69) is 5.32 Å². The molecular formula is C19H28N2O5. The number of carbonyl (C=O) groups is 2. The van der Waals surface area contributed by atoms with Crippen LogP contribution in [-0.4, -0.2) is 55.0 Å². The molecule has 0 radical (unpaired) electrons. The van der Waals surface area contributed by atoms with Gasteiger partial charge in [-0.15, -0.1) is 0 Å². The van der Waals surface area contributed by atoms with Crippen molar-refractivity contribution in [1.82, 2.24) is 10.2 Å². The van der Waals surface area contributed by atoms with Crippen LogP contribution in [-0.2, 0) is 20.8 Å². The van der Waals surface area contributed by atoms with Crippen molar-refractivity contribution in [2.45, 2.75) is 51.5 Å². The molecule has 0 saturated carbocycles. The van der Waals surface area contributed by atoms with Crippen molar-refractivity contribution in [3.63, 3.8) is 0 Å². The maximum absolute atomic E-state index is 12.4. The molecule has 1 aromatic carbocycles. The number of ether oxygens (including phenoxy) is 3. The fourth-order valence-electron chi connectivity index (χ4n) is 2.76. The lowest BCUT2D eigenvalue weighted by atomic mass is 10.0. The average Bonchev–Trinajstić information content (AvgIpc) is 2.58. The summed E-state index contributed by atoms with van der Waals surface area (Å²) in [5.74, 6) is 0. The zero-order valence-electron chi connectivity index (χ0n) is 15.9. The van der Waals surface area contributed by atoms with E-state index >= 15 is 0 Å². The minimum Gasteiger partial charge on any atom is -0.445 e. The first-order chi connectivity index (χ1) is 12.3. The van der Waals surface area contributed by atoms with Crippen molar-refractivity contribution in [3.8, 4) is 0 Å². The molecule has 1 aliphatic rings. The maximum Gasteiger partial charge on any atom is 0.410 e. The van der Waals surface area contributed by atoms with Gasteiger partial charge in [-0.1, -0.05) is 30.3 Å². The number of hydrogen-bond donors (Lipinski definition) is 1. The molecule has 7 nitrogen and oxygen atoms in total. The number of alkyl carbamates (subject to hydrolysis) is 1. The number of nitrogens with zero attached hydrogens (tertiary/aromatic N) is 1. The van der Waals surface area contributed by atoms with Crippen LogP contribution in [0.5, 0.6) is 0 Å². The van der Waals surface area contributed by atoms with Crippen LogP contribution in [0.2, 0.25) is 0 Å². The fourth-order valence-corrected chi connectivity index (χ4v) is 2.76. The summed E-state index contributed by atoms with van der Waals surface area (Å²) in [6.07, 6.45) is -0.491. The molecule has 0 aliphatic carbocycles. The lowest BCUT2D eigenvalue weighted by Gasteiger charge is -2.36. The summed E-state index contributed by atoms with van der Waals surface area (Å²) in [7, 11) is 1.59. The Labute approximate surface area is 154 Å². The largest absolute Gasteiger partial charge is 0.445 e. The maximum atomic E-state index is 12.4. The second kappa shape index (κ2) is 8.89. The number of amides is 2. The minimum atomic E-state index is -0.576. The Hall–Kier alpha value is -2.28. The van der Waals surface area contributed by atoms with Crippen molar-refractivity contribution in [2.75, 3.05) is 20.2 Å². The first-order valence-corrected chi connectivity index (χ1v) is 8.75. The van der Waals surface area contributed by atoms with Crippen LogP contribution in [0.3, 0.4) is 0 Å². The molecule has 1 N–H and O–H groups in total. The number of rotatable bonds is 4. The smallest absolute Gasteiger partial charge is 0.410 e. The molecule has 1 saturated heterocycles. The SMILES string of the molecule is CO[C@@H]1C[C@H](NC(=O)OC(C)(C)C)CN(C(=O)OCc2ccccc2)C1. The Bertz CT molecular complexity index is 600. The van der Waals surface area contributed by atoms with Gasteiger partial charge in [-0.2, -0.15) is 0 Å². The highest BCUT2D eigenvalue weighted by molar-refractivity contribution is 5.69. The van der Waals surface area contributed by atoms with Crippen molar-refractivity contribution < 1.29 is 23.8 Å². The van der Waals surface area contributed by atoms with E-state index in [-0.39, 0.29) is 18.8 Å². The molecule has 0 aromatic heterocycles. The van der Waals surface area contributed by atoms with Crippen LogP contribution in [0, 0.1) is 0 Å². The molecule has 2 atom stereocenters. The van der Waals surface area contributed by atoms with E-state index in [1.807, 2.05) is 30.3 Å². The van der Waals surface area contributed by atoms with Crippen molar-refractivity contribution in [1.29, 1.82) is 0 Å². The van der Waals surface area contributed by atoms with E-state index in [1.165, 1.54) is 0 Å². The highest BCUT2D eigenvalue weighted by atomic mass is 16.6. The summed E-state index contributed by atoms with van der Waals surface area (Å²) in [6, 6.07) is 9.24. The van der Waals surface area contributed by atoms with Crippen molar-refractivity contribution in [2.24, 2.45) is 0 Å². The van der Waals surface area contributed by atoms with Gasteiger partial charge in [-0.25, -0.2) is 9.59 Å². The third kappa shape index (κ3) is 6.55. The molecule has 1 fully saturated rings. The van der Waals surface area contributed by atoms with Crippen molar-refractivity contribution in [3.05, 3.63) is 35.9 Å². The number of piperidine rings is 1. The number of benzene rings is 1. The van der Waals surface area contributed by atoms with E-state index in [1.54, 1.807) is 32.8 Å². The van der Waals surface area contributed by atoms with Crippen LogP contribution in [0.25, 0.3) is 0 Å². The highest BCUT2D eigenvalue weighted by Crippen LogP contribution is 2.16. The first-order valence-electron chi connectivity index (χ1n) is 8.75. The molecule has 0 unspecified atom stereocenters. The van der Waals surface area contributed by atoms with E-state index in [0.717, 1.165) is 5.56 Å². The predicted molar refractivity (Wildman–Crippen MR) is 96.8 cm³/mol. The minimum absolute atomic E-state index is 0.173. The molecule has 1 aliphatic heterocycles. The molecule has 0 bridgehead atoms. The monoisotopic (exact) mass is 364 g/mol. The van der Waals surface area contributed by atoms with E-state index < -0.39 is 17.8 Å². The summed E-state index contributed by atoms with van der Waals surface area (Å²) in [4.78, 5) is 26.0. The standard InChI is InChI=1S/C19H28N2O5/c1-19(2,3)26-17(22)20-15-10-16(24-4)12-21(11-15)18(23)25-13-14-8-6-5-7-9-14/h5-9,15-16H,10-13H2,1-4H3,(H,20,22)/t15-,16+/m0/s1. The molecule has 26 heavy (non-hydrogen) atoms. The van der Waals surface area contributed by atoms with Crippen LogP contribution >= 0.6 is 0 Å². The van der Waals surface area contributed by atoms with Crippen LogP contribution < -0.4 is 5.32 Å². The zero-order valence-corrected chi connectivity index (χ0v) is 15.9. The average molecular weight is 364 g/mol. The lowest BCUT2D eigenvalue weighted by molar-refractivity contribution is 0.00546. The third-order valence-corrected chi connectivity index (χ3v) is 3.93. The Balaban J connectivity index is 1.90. The van der Waals surface area contributed by atoms with Crippen LogP contribution in [0.15, 0.2) is 30.3 Å². The summed E-state index contributed by atoms with van der Waals surface area (Å²) in [5.41, 5.74) is 0.345. The number of likely N-dealkylation sites (tertiary alicyclic amines) is 1. The van der Waals surface area contributed by atoms with Gasteiger partial charge in [0.15, 0.2) is 0 Å². The van der Waals surface area contributed by atoms with Gasteiger partial charge < -0.3 is 24.4 Å². The molecule has 1 aromatic rings. The molecule has 2 amide bonds. The predicted octanol–water partition coefficient (Wildman–Crippen LogP) is 2.94. The normalized spacial score (nSPS) is 20.4. The van der Waals surface area contributed by atoms with Crippen LogP contribution in [0.1, 0.15) is 32.8 Å². The summed E-state index contributed by atoms with van der Waals surface area (Å²) < 4.78 is 16.1. The topological polar surface area (TPSA) is 77.1 Å². The van der Waals surface area contributed by atoms with E-state index in [9.17, 15) is 9.59 Å². The molecule has 2 rings (SSSR count). The van der Waals surface area contributed by atoms with Gasteiger partial charge in [0.25, 0.3) is 0 Å². The zero-order chi connectivity index (χ0) is 19.2. The first kappa shape index (κ1) is 20.0. The van der Waals surface area contributed by atoms with E-state index in [0.29, 0.717) is 19.5 Å². The third-order valence-electron chi connectivity index (χ3n) is 3.93. The fraction of sp³-hybridized carbons (Fsp3) is 0.579. The second-order valence-corrected chi connectivity index (χ2v) is 7.38. The second-order valence-electron chi connectivity index (χ2n) is 7.38. The number of methoxy groups -OCH3 is 1. The quantitative estimate of drug-likeness (QED) is 0.889. The van der Waals surface area contributed by atoms with Crippen LogP contribution in [0.4, 0.5) is 9.59 Å². The van der Waals surface area contributed by atoms with E-state index in [4.69, 9.17) is 14.2 Å². The van der Waals surface area contributed by atoms with Gasteiger partial charge in [-0.05, 0) is 32.8 Å². The molecule has 7 heteroatoms. The lowest BCUT2D eigenvalue weighted by Crippen LogP contribution is -2.55. The van der Waals surface area contributed by atoms with Gasteiger partial charge in [0, 0.05) is 13.7 Å². The molecule has 144 valence electrons. The van der Waals surface area contributed by atoms with Gasteiger partial charge in [0.2, 0.25) is 0 Å². The number of nitrogens with one attached hydrogen (secondary N) is 1. The summed E-state index contributed by atoms with van der Waals surface area (Å²) in [5, 5.41) is 2.81. The number of carbonyl (C=O) groups excluding carboxylic acids is 2. The van der Waals surface area contributed by atoms with Crippen molar-refractivity contribution >= 4 is 12.2 Å². The van der Waals surface area contributed by atoms with Gasteiger partial charge >= 0.3 is 12.2 Å². The molecule has 0 spiro atoms. The summed E-state index contributed by atoms with van der Waals surface area (Å²) >= 11 is 0. The summed E-state index contributed by atoms with van der Waals surface area (Å²) in [6.45, 7) is 6.40. The Morgan fingerprint density at radius 1 is 1.19 bits per heavy atom. The Kier molecular flexibility index (Phi) is 6.85. The highest BCUT2D eigenvalue weighted by Gasteiger charge is 2.32. The number of hydrogen-bond acceptors (Lipinski definition) is 5. The van der Waals surface area contributed by atoms with Gasteiger partial charge in [0.1, 0.15) is 12.2 Å². The van der Waals surface area contributed by atoms with Gasteiger partial charge in [-0.3, -0.25) is 0 Å². The Morgan fingerprint density at radius 2 is 1.88 bits per heavy atom.